The van der Waals surface area contributed by atoms with Crippen LogP contribution in [0.5, 0.6) is 11.5 Å². The highest BCUT2D eigenvalue weighted by Crippen LogP contribution is 2.37. The Labute approximate surface area is 196 Å². The highest BCUT2D eigenvalue weighted by atomic mass is 79.9. The maximum absolute atomic E-state index is 12.5. The SMILES string of the molecule is C=CCc1cc(/C=C2/SC(=NC)N(C)C2=O)cc(OCC)c1OCc1ccc(Br)cc1. The Hall–Kier alpha value is -2.51. The zero-order valence-corrected chi connectivity index (χ0v) is 20.3. The van der Waals surface area contributed by atoms with Crippen LogP contribution >= 0.6 is 27.7 Å². The predicted molar refractivity (Wildman–Crippen MR) is 132 cm³/mol. The molecule has 31 heavy (non-hydrogen) atoms. The Morgan fingerprint density at radius 1 is 1.23 bits per heavy atom. The first-order valence-corrected chi connectivity index (χ1v) is 11.5. The summed E-state index contributed by atoms with van der Waals surface area (Å²) in [5.74, 6) is 1.29. The van der Waals surface area contributed by atoms with Crippen LogP contribution in [0.2, 0.25) is 0 Å². The molecule has 0 bridgehead atoms. The number of likely N-dealkylation sites (N-methyl/N-ethyl adjacent to an activating group) is 1. The quantitative estimate of drug-likeness (QED) is 0.345. The molecule has 1 saturated heterocycles. The molecule has 0 atom stereocenters. The molecule has 1 aliphatic rings. The van der Waals surface area contributed by atoms with Crippen LogP contribution in [0.15, 0.2) is 63.4 Å². The van der Waals surface area contributed by atoms with Gasteiger partial charge in [0.05, 0.1) is 11.5 Å². The number of aliphatic imine (C=N–C) groups is 1. The number of nitrogens with zero attached hydrogens (tertiary/aromatic N) is 2. The van der Waals surface area contributed by atoms with Gasteiger partial charge in [0.1, 0.15) is 6.61 Å². The molecule has 0 spiro atoms. The van der Waals surface area contributed by atoms with Crippen LogP contribution in [0, 0.1) is 0 Å². The van der Waals surface area contributed by atoms with Crippen molar-refractivity contribution in [2.24, 2.45) is 4.99 Å². The van der Waals surface area contributed by atoms with Crippen LogP contribution in [0.4, 0.5) is 0 Å². The van der Waals surface area contributed by atoms with Crippen molar-refractivity contribution in [3.63, 3.8) is 0 Å². The first kappa shape index (κ1) is 23.2. The summed E-state index contributed by atoms with van der Waals surface area (Å²) >= 11 is 4.82. The van der Waals surface area contributed by atoms with Gasteiger partial charge in [-0.3, -0.25) is 14.7 Å². The normalized spacial score (nSPS) is 16.3. The second kappa shape index (κ2) is 10.7. The van der Waals surface area contributed by atoms with Crippen molar-refractivity contribution in [1.29, 1.82) is 0 Å². The molecule has 1 amide bonds. The van der Waals surface area contributed by atoms with E-state index in [1.165, 1.54) is 11.8 Å². The summed E-state index contributed by atoms with van der Waals surface area (Å²) in [7, 11) is 3.41. The lowest BCUT2D eigenvalue weighted by molar-refractivity contribution is -0.121. The first-order valence-electron chi connectivity index (χ1n) is 9.89. The minimum atomic E-state index is -0.0654. The van der Waals surface area contributed by atoms with Crippen LogP contribution in [-0.4, -0.2) is 36.7 Å². The molecule has 5 nitrogen and oxygen atoms in total. The van der Waals surface area contributed by atoms with Gasteiger partial charge in [0.25, 0.3) is 5.91 Å². The van der Waals surface area contributed by atoms with E-state index in [-0.39, 0.29) is 5.91 Å². The second-order valence-electron chi connectivity index (χ2n) is 6.83. The molecule has 0 aromatic heterocycles. The number of halogens is 1. The molecule has 0 aliphatic carbocycles. The number of rotatable bonds is 8. The average Bonchev–Trinajstić information content (AvgIpc) is 3.02. The van der Waals surface area contributed by atoms with Gasteiger partial charge in [-0.1, -0.05) is 34.1 Å². The first-order chi connectivity index (χ1) is 15.0. The maximum Gasteiger partial charge on any atom is 0.266 e. The number of hydrogen-bond donors (Lipinski definition) is 0. The van der Waals surface area contributed by atoms with E-state index >= 15 is 0 Å². The van der Waals surface area contributed by atoms with Crippen LogP contribution in [0.3, 0.4) is 0 Å². The largest absolute Gasteiger partial charge is 0.490 e. The smallest absolute Gasteiger partial charge is 0.266 e. The summed E-state index contributed by atoms with van der Waals surface area (Å²) in [4.78, 5) is 18.9. The van der Waals surface area contributed by atoms with E-state index in [4.69, 9.17) is 9.47 Å². The number of hydrogen-bond acceptors (Lipinski definition) is 5. The van der Waals surface area contributed by atoms with Crippen molar-refractivity contribution in [3.8, 4) is 11.5 Å². The maximum atomic E-state index is 12.5. The van der Waals surface area contributed by atoms with E-state index < -0.39 is 0 Å². The van der Waals surface area contributed by atoms with Gasteiger partial charge in [0.2, 0.25) is 0 Å². The van der Waals surface area contributed by atoms with Crippen molar-refractivity contribution in [2.75, 3.05) is 20.7 Å². The van der Waals surface area contributed by atoms with Crippen molar-refractivity contribution < 1.29 is 14.3 Å². The fraction of sp³-hybridized carbons (Fsp3) is 0.250. The van der Waals surface area contributed by atoms with Gasteiger partial charge in [-0.15, -0.1) is 6.58 Å². The molecule has 0 radical (unpaired) electrons. The van der Waals surface area contributed by atoms with Crippen LogP contribution in [-0.2, 0) is 17.8 Å². The van der Waals surface area contributed by atoms with Gasteiger partial charge in [0.15, 0.2) is 16.7 Å². The van der Waals surface area contributed by atoms with Crippen molar-refractivity contribution in [3.05, 3.63) is 75.1 Å². The van der Waals surface area contributed by atoms with Crippen molar-refractivity contribution in [2.45, 2.75) is 20.0 Å². The topological polar surface area (TPSA) is 51.1 Å². The summed E-state index contributed by atoms with van der Waals surface area (Å²) in [5.41, 5.74) is 2.89. The minimum Gasteiger partial charge on any atom is -0.490 e. The standard InChI is InChI=1S/C24H25BrN2O3S/c1-5-7-18-12-17(14-21-23(28)27(4)24(26-3)31-21)13-20(29-6-2)22(18)30-15-16-8-10-19(25)11-9-16/h5,8-14H,1,6-7,15H2,2-4H3/b21-14+,26-24?. The molecule has 0 saturated carbocycles. The van der Waals surface area contributed by atoms with Crippen molar-refractivity contribution in [1.82, 2.24) is 4.90 Å². The predicted octanol–water partition coefficient (Wildman–Crippen LogP) is 5.69. The highest BCUT2D eigenvalue weighted by Gasteiger charge is 2.29. The van der Waals surface area contributed by atoms with E-state index in [1.807, 2.05) is 55.5 Å². The number of carbonyl (C=O) groups excluding carboxylic acids is 1. The molecule has 0 unspecified atom stereocenters. The van der Waals surface area contributed by atoms with Gasteiger partial charge in [0, 0.05) is 24.1 Å². The van der Waals surface area contributed by atoms with Gasteiger partial charge >= 0.3 is 0 Å². The molecule has 162 valence electrons. The van der Waals surface area contributed by atoms with Gasteiger partial charge in [-0.2, -0.15) is 0 Å². The van der Waals surface area contributed by atoms with Gasteiger partial charge in [-0.25, -0.2) is 0 Å². The molecule has 1 aliphatic heterocycles. The average molecular weight is 501 g/mol. The third-order valence-electron chi connectivity index (χ3n) is 4.61. The third kappa shape index (κ3) is 5.60. The summed E-state index contributed by atoms with van der Waals surface area (Å²) in [6.07, 6.45) is 4.32. The van der Waals surface area contributed by atoms with E-state index in [1.54, 1.807) is 19.0 Å². The van der Waals surface area contributed by atoms with Crippen LogP contribution in [0.1, 0.15) is 23.6 Å². The Bertz CT molecular complexity index is 1030. The minimum absolute atomic E-state index is 0.0654. The summed E-state index contributed by atoms with van der Waals surface area (Å²) < 4.78 is 13.1. The highest BCUT2D eigenvalue weighted by molar-refractivity contribution is 9.10. The molecule has 0 N–H and O–H groups in total. The van der Waals surface area contributed by atoms with Crippen LogP contribution < -0.4 is 9.47 Å². The molecule has 7 heteroatoms. The van der Waals surface area contributed by atoms with E-state index in [0.717, 1.165) is 21.2 Å². The molecular formula is C24H25BrN2O3S. The van der Waals surface area contributed by atoms with Crippen LogP contribution in [0.25, 0.3) is 6.08 Å². The zero-order valence-electron chi connectivity index (χ0n) is 17.9. The Morgan fingerprint density at radius 2 is 1.97 bits per heavy atom. The lowest BCUT2D eigenvalue weighted by Gasteiger charge is -2.17. The Morgan fingerprint density at radius 3 is 2.58 bits per heavy atom. The third-order valence-corrected chi connectivity index (χ3v) is 6.29. The Balaban J connectivity index is 1.96. The van der Waals surface area contributed by atoms with Gasteiger partial charge < -0.3 is 9.47 Å². The number of amides is 1. The molecular weight excluding hydrogens is 476 g/mol. The fourth-order valence-corrected chi connectivity index (χ4v) is 4.33. The number of amidine groups is 1. The summed E-state index contributed by atoms with van der Waals surface area (Å²) in [6.45, 7) is 6.74. The number of thioether (sulfide) groups is 1. The lowest BCUT2D eigenvalue weighted by Crippen LogP contribution is -2.23. The van der Waals surface area contributed by atoms with E-state index in [2.05, 4.69) is 27.5 Å². The monoisotopic (exact) mass is 500 g/mol. The lowest BCUT2D eigenvalue weighted by atomic mass is 10.0. The molecule has 2 aromatic carbocycles. The summed E-state index contributed by atoms with van der Waals surface area (Å²) in [6, 6.07) is 11.9. The molecule has 1 fully saturated rings. The van der Waals surface area contributed by atoms with Gasteiger partial charge in [-0.05, 0) is 66.6 Å². The fourth-order valence-electron chi connectivity index (χ4n) is 3.14. The number of carbonyl (C=O) groups is 1. The zero-order chi connectivity index (χ0) is 22.4. The Kier molecular flexibility index (Phi) is 7.98. The van der Waals surface area contributed by atoms with E-state index in [9.17, 15) is 4.79 Å². The molecule has 1 heterocycles. The second-order valence-corrected chi connectivity index (χ2v) is 8.75. The van der Waals surface area contributed by atoms with E-state index in [0.29, 0.717) is 41.2 Å². The van der Waals surface area contributed by atoms with Crippen molar-refractivity contribution >= 4 is 44.8 Å². The molecule has 3 rings (SSSR count). The summed E-state index contributed by atoms with van der Waals surface area (Å²) in [5, 5.41) is 0.682. The number of benzene rings is 2. The number of allylic oxidation sites excluding steroid dienone is 1. The number of ether oxygens (including phenoxy) is 2. The molecule has 2 aromatic rings.